The Labute approximate surface area is 514 Å². The topological polar surface area (TPSA) is 40.6 Å². The van der Waals surface area contributed by atoms with Gasteiger partial charge < -0.3 is 13.7 Å². The third-order valence-electron chi connectivity index (χ3n) is 18.4. The van der Waals surface area contributed by atoms with E-state index in [9.17, 15) is 0 Å². The molecular weight excluding hydrogens is 1130 g/mol. The van der Waals surface area contributed by atoms with E-state index in [0.29, 0.717) is 5.82 Å². The van der Waals surface area contributed by atoms with Crippen LogP contribution in [0.1, 0.15) is 0 Å². The summed E-state index contributed by atoms with van der Waals surface area (Å²) in [5.74, 6) is 0.672. The van der Waals surface area contributed by atoms with Gasteiger partial charge in [-0.25, -0.2) is 9.97 Å². The predicted octanol–water partition coefficient (Wildman–Crippen LogP) is 23.0. The molecule has 20 aromatic rings. The summed E-state index contributed by atoms with van der Waals surface area (Å²) >= 11 is 5.64. The normalized spacial score (nSPS) is 12.3. The van der Waals surface area contributed by atoms with E-state index in [1.807, 2.05) is 34.0 Å². The van der Waals surface area contributed by atoms with Crippen molar-refractivity contribution in [2.45, 2.75) is 0 Å². The minimum Gasteiger partial charge on any atom is -0.308 e. The Balaban J connectivity index is 0.783. The molecular formula is C80H45N5S3. The highest BCUT2D eigenvalue weighted by atomic mass is 32.1. The quantitative estimate of drug-likeness (QED) is 0.166. The Morgan fingerprint density at radius 2 is 0.625 bits per heavy atom. The Kier molecular flexibility index (Phi) is 10.1. The molecule has 20 rings (SSSR count). The second-order valence-electron chi connectivity index (χ2n) is 23.1. The number of fused-ring (bicyclic) bond motifs is 22. The van der Waals surface area contributed by atoms with Gasteiger partial charge in [0.15, 0.2) is 5.82 Å². The minimum atomic E-state index is 0.672. The van der Waals surface area contributed by atoms with Gasteiger partial charge >= 0.3 is 0 Å². The number of aromatic nitrogens is 5. The van der Waals surface area contributed by atoms with Crippen LogP contribution in [0, 0.1) is 0 Å². The molecule has 0 aliphatic rings. The Morgan fingerprint density at radius 1 is 0.239 bits per heavy atom. The molecule has 8 heteroatoms. The molecule has 0 amide bonds. The van der Waals surface area contributed by atoms with E-state index >= 15 is 0 Å². The smallest absolute Gasteiger partial charge is 0.160 e. The van der Waals surface area contributed by atoms with Crippen molar-refractivity contribution in [3.8, 4) is 50.8 Å². The Hall–Kier alpha value is -10.7. The lowest BCUT2D eigenvalue weighted by molar-refractivity contribution is 1.17. The van der Waals surface area contributed by atoms with Gasteiger partial charge in [0, 0.05) is 112 Å². The van der Waals surface area contributed by atoms with Crippen molar-refractivity contribution in [2.24, 2.45) is 0 Å². The summed E-state index contributed by atoms with van der Waals surface area (Å²) in [5, 5.41) is 16.2. The van der Waals surface area contributed by atoms with E-state index in [0.717, 1.165) is 55.9 Å². The summed E-state index contributed by atoms with van der Waals surface area (Å²) in [7, 11) is 0. The van der Waals surface area contributed by atoms with Crippen LogP contribution in [0.3, 0.4) is 0 Å². The first-order chi connectivity index (χ1) is 43.6. The average molecular weight is 1170 g/mol. The number of hydrogen-bond donors (Lipinski definition) is 0. The molecule has 0 fully saturated rings. The number of benzene rings is 13. The number of rotatable bonds is 6. The zero-order valence-electron chi connectivity index (χ0n) is 46.9. The lowest BCUT2D eigenvalue weighted by atomic mass is 9.99. The van der Waals surface area contributed by atoms with Gasteiger partial charge in [0.05, 0.1) is 58.4 Å². The average Bonchev–Trinajstić information content (AvgIpc) is 1.75. The second kappa shape index (κ2) is 18.4. The Morgan fingerprint density at radius 3 is 1.11 bits per heavy atom. The standard InChI is InChI=1S/C80H45N5S3/c1-7-25-67-53(19-1)59-36-39-62-56-22-4-10-28-70(56)86-77(62)74(59)83(67)50-34-31-46(32-35-50)80-81-66-42-33-48(47-15-13-17-51(43-47)84-68-26-8-2-20-54(68)60-37-40-63-57-23-5-11-29-71(57)87-78(63)75(60)84)45-65(66)73(82-80)49-16-14-18-52(44-49)85-69-27-9-3-21-55(69)61-38-41-64-58-24-6-12-30-72(58)88-79(64)76(61)85/h1-45H. The van der Waals surface area contributed by atoms with Crippen molar-refractivity contribution in [3.05, 3.63) is 273 Å². The molecule has 0 N–H and O–H groups in total. The van der Waals surface area contributed by atoms with E-state index in [-0.39, 0.29) is 0 Å². The summed E-state index contributed by atoms with van der Waals surface area (Å²) in [6.07, 6.45) is 0. The van der Waals surface area contributed by atoms with E-state index in [2.05, 4.69) is 287 Å². The van der Waals surface area contributed by atoms with Gasteiger partial charge in [-0.1, -0.05) is 176 Å². The number of nitrogens with zero attached hydrogens (tertiary/aromatic N) is 5. The molecule has 0 aliphatic carbocycles. The Bertz CT molecular complexity index is 6380. The lowest BCUT2D eigenvalue weighted by Gasteiger charge is -2.15. The monoisotopic (exact) mass is 1170 g/mol. The maximum absolute atomic E-state index is 5.71. The minimum absolute atomic E-state index is 0.672. The van der Waals surface area contributed by atoms with Crippen LogP contribution >= 0.6 is 34.0 Å². The van der Waals surface area contributed by atoms with Crippen LogP contribution in [-0.2, 0) is 0 Å². The fourth-order valence-corrected chi connectivity index (χ4v) is 18.3. The zero-order valence-corrected chi connectivity index (χ0v) is 49.4. The van der Waals surface area contributed by atoms with Crippen LogP contribution < -0.4 is 0 Å². The molecule has 0 bridgehead atoms. The van der Waals surface area contributed by atoms with E-state index in [1.165, 1.54) is 126 Å². The molecule has 5 nitrogen and oxygen atoms in total. The van der Waals surface area contributed by atoms with Crippen molar-refractivity contribution < 1.29 is 0 Å². The molecule has 0 spiro atoms. The maximum atomic E-state index is 5.71. The summed E-state index contributed by atoms with van der Waals surface area (Å²) in [4.78, 5) is 11.2. The largest absolute Gasteiger partial charge is 0.308 e. The fourth-order valence-electron chi connectivity index (χ4n) is 14.5. The van der Waals surface area contributed by atoms with E-state index in [1.54, 1.807) is 0 Å². The van der Waals surface area contributed by atoms with Crippen molar-refractivity contribution in [2.75, 3.05) is 0 Å². The summed E-state index contributed by atoms with van der Waals surface area (Å²) in [6.45, 7) is 0. The molecule has 0 saturated carbocycles. The molecule has 408 valence electrons. The van der Waals surface area contributed by atoms with Crippen LogP contribution in [0.4, 0.5) is 0 Å². The van der Waals surface area contributed by atoms with Gasteiger partial charge in [0.25, 0.3) is 0 Å². The highest BCUT2D eigenvalue weighted by molar-refractivity contribution is 7.27. The van der Waals surface area contributed by atoms with Crippen LogP contribution in [0.25, 0.3) is 188 Å². The highest BCUT2D eigenvalue weighted by Gasteiger charge is 2.23. The van der Waals surface area contributed by atoms with Gasteiger partial charge in [0.2, 0.25) is 0 Å². The molecule has 0 aliphatic heterocycles. The highest BCUT2D eigenvalue weighted by Crippen LogP contribution is 2.47. The molecule has 0 atom stereocenters. The van der Waals surface area contributed by atoms with Gasteiger partial charge in [0.1, 0.15) is 0 Å². The first-order valence-corrected chi connectivity index (χ1v) is 32.2. The summed E-state index contributed by atoms with van der Waals surface area (Å²) < 4.78 is 15.2. The van der Waals surface area contributed by atoms with Gasteiger partial charge in [-0.3, -0.25) is 0 Å². The number of para-hydroxylation sites is 3. The lowest BCUT2D eigenvalue weighted by Crippen LogP contribution is -1.99. The number of thiophene rings is 3. The van der Waals surface area contributed by atoms with Crippen LogP contribution in [0.5, 0.6) is 0 Å². The van der Waals surface area contributed by atoms with Gasteiger partial charge in [-0.15, -0.1) is 34.0 Å². The van der Waals surface area contributed by atoms with E-state index in [4.69, 9.17) is 9.97 Å². The molecule has 0 saturated heterocycles. The summed E-state index contributed by atoms with van der Waals surface area (Å²) in [5.41, 5.74) is 16.4. The number of hydrogen-bond acceptors (Lipinski definition) is 5. The molecule has 88 heavy (non-hydrogen) atoms. The third kappa shape index (κ3) is 6.90. The first-order valence-electron chi connectivity index (χ1n) is 29.8. The van der Waals surface area contributed by atoms with Gasteiger partial charge in [-0.2, -0.15) is 0 Å². The SMILES string of the molecule is c1cc(-c2ccc3nc(-c4ccc(-n5c6ccccc6c6ccc7c8ccccc8sc7c65)cc4)nc(-c4cccc(-n5c6ccccc6c6ccc7c8ccccc8sc7c65)c4)c3c2)cc(-n2c3ccccc3c3ccc4c5ccccc5sc4c32)c1. The van der Waals surface area contributed by atoms with Crippen molar-refractivity contribution in [1.29, 1.82) is 0 Å². The van der Waals surface area contributed by atoms with Crippen molar-refractivity contribution >= 4 is 171 Å². The fraction of sp³-hybridized carbons (Fsp3) is 0. The van der Waals surface area contributed by atoms with Crippen LogP contribution in [0.15, 0.2) is 273 Å². The van der Waals surface area contributed by atoms with Crippen LogP contribution in [0.2, 0.25) is 0 Å². The summed E-state index contributed by atoms with van der Waals surface area (Å²) in [6, 6.07) is 101. The molecule has 7 aromatic heterocycles. The van der Waals surface area contributed by atoms with E-state index < -0.39 is 0 Å². The molecule has 13 aromatic carbocycles. The van der Waals surface area contributed by atoms with Gasteiger partial charge in [-0.05, 0) is 108 Å². The van der Waals surface area contributed by atoms with Crippen molar-refractivity contribution in [3.63, 3.8) is 0 Å². The van der Waals surface area contributed by atoms with Crippen molar-refractivity contribution in [1.82, 2.24) is 23.7 Å². The predicted molar refractivity (Wildman–Crippen MR) is 378 cm³/mol. The zero-order chi connectivity index (χ0) is 57.3. The molecule has 0 radical (unpaired) electrons. The molecule has 7 heterocycles. The first kappa shape index (κ1) is 48.5. The third-order valence-corrected chi connectivity index (χ3v) is 22.0. The maximum Gasteiger partial charge on any atom is 0.160 e. The van der Waals surface area contributed by atoms with Crippen LogP contribution in [-0.4, -0.2) is 23.7 Å². The second-order valence-corrected chi connectivity index (χ2v) is 26.3. The molecule has 0 unspecified atom stereocenters.